The second-order valence-electron chi connectivity index (χ2n) is 5.46. The van der Waals surface area contributed by atoms with Gasteiger partial charge in [-0.25, -0.2) is 9.18 Å². The zero-order chi connectivity index (χ0) is 17.1. The summed E-state index contributed by atoms with van der Waals surface area (Å²) in [6, 6.07) is 13.9. The lowest BCUT2D eigenvalue weighted by atomic mass is 10.2. The molecule has 1 fully saturated rings. The Morgan fingerprint density at radius 3 is 2.54 bits per heavy atom. The maximum Gasteiger partial charge on any atom is 0.332 e. The molecular formula is C18H17FN2O3. The SMILES string of the molecule is C[C@H]1C(=O)N(CCOc2cccc(F)c2)C(=O)N1c1ccccc1. The number of carbonyl (C=O) groups excluding carboxylic acids is 2. The minimum atomic E-state index is -0.561. The van der Waals surface area contributed by atoms with Gasteiger partial charge < -0.3 is 4.74 Å². The third-order valence-electron chi connectivity index (χ3n) is 3.86. The van der Waals surface area contributed by atoms with Gasteiger partial charge in [0.15, 0.2) is 0 Å². The van der Waals surface area contributed by atoms with Crippen molar-refractivity contribution in [2.75, 3.05) is 18.1 Å². The molecule has 3 amide bonds. The van der Waals surface area contributed by atoms with Gasteiger partial charge in [0.25, 0.3) is 5.91 Å². The molecule has 1 heterocycles. The molecule has 2 aromatic carbocycles. The second-order valence-corrected chi connectivity index (χ2v) is 5.46. The lowest BCUT2D eigenvalue weighted by Crippen LogP contribution is -2.36. The van der Waals surface area contributed by atoms with E-state index < -0.39 is 11.9 Å². The fourth-order valence-corrected chi connectivity index (χ4v) is 2.67. The van der Waals surface area contributed by atoms with E-state index in [2.05, 4.69) is 0 Å². The molecule has 0 aromatic heterocycles. The highest BCUT2D eigenvalue weighted by molar-refractivity contribution is 6.14. The molecule has 0 unspecified atom stereocenters. The smallest absolute Gasteiger partial charge is 0.332 e. The molecule has 3 rings (SSSR count). The third kappa shape index (κ3) is 3.08. The number of anilines is 1. The summed E-state index contributed by atoms with van der Waals surface area (Å²) in [5.41, 5.74) is 0.678. The van der Waals surface area contributed by atoms with Gasteiger partial charge >= 0.3 is 6.03 Å². The first-order valence-corrected chi connectivity index (χ1v) is 7.66. The van der Waals surface area contributed by atoms with E-state index in [-0.39, 0.29) is 25.1 Å². The summed E-state index contributed by atoms with van der Waals surface area (Å²) in [5, 5.41) is 0. The van der Waals surface area contributed by atoms with Gasteiger partial charge in [0.05, 0.1) is 6.54 Å². The molecule has 1 atom stereocenters. The Morgan fingerprint density at radius 2 is 1.83 bits per heavy atom. The Labute approximate surface area is 139 Å². The van der Waals surface area contributed by atoms with Crippen molar-refractivity contribution in [1.82, 2.24) is 4.90 Å². The number of hydrogen-bond acceptors (Lipinski definition) is 3. The van der Waals surface area contributed by atoms with E-state index in [4.69, 9.17) is 4.74 Å². The molecule has 0 saturated carbocycles. The van der Waals surface area contributed by atoms with Crippen LogP contribution < -0.4 is 9.64 Å². The van der Waals surface area contributed by atoms with E-state index in [0.717, 1.165) is 4.90 Å². The highest BCUT2D eigenvalue weighted by Gasteiger charge is 2.42. The monoisotopic (exact) mass is 328 g/mol. The van der Waals surface area contributed by atoms with Crippen LogP contribution in [-0.4, -0.2) is 36.0 Å². The molecule has 0 bridgehead atoms. The molecule has 2 aromatic rings. The van der Waals surface area contributed by atoms with Crippen LogP contribution >= 0.6 is 0 Å². The number of nitrogens with zero attached hydrogens (tertiary/aromatic N) is 2. The quantitative estimate of drug-likeness (QED) is 0.793. The Bertz CT molecular complexity index is 751. The first-order chi connectivity index (χ1) is 11.6. The van der Waals surface area contributed by atoms with Crippen molar-refractivity contribution >= 4 is 17.6 Å². The predicted octanol–water partition coefficient (Wildman–Crippen LogP) is 3.06. The Morgan fingerprint density at radius 1 is 1.08 bits per heavy atom. The number of carbonyl (C=O) groups is 2. The maximum absolute atomic E-state index is 13.1. The Kier molecular flexibility index (Phi) is 4.46. The van der Waals surface area contributed by atoms with Crippen LogP contribution in [0.2, 0.25) is 0 Å². The Balaban J connectivity index is 1.66. The van der Waals surface area contributed by atoms with Crippen LogP contribution in [0.25, 0.3) is 0 Å². The molecule has 1 aliphatic rings. The second kappa shape index (κ2) is 6.70. The number of rotatable bonds is 5. The standard InChI is InChI=1S/C18H17FN2O3/c1-13-17(22)20(10-11-24-16-9-5-6-14(19)12-16)18(23)21(13)15-7-3-2-4-8-15/h2-9,12-13H,10-11H2,1H3/t13-/m0/s1. The van der Waals surface area contributed by atoms with Gasteiger partial charge in [-0.05, 0) is 31.2 Å². The summed E-state index contributed by atoms with van der Waals surface area (Å²) in [7, 11) is 0. The van der Waals surface area contributed by atoms with Crippen molar-refractivity contribution in [3.8, 4) is 5.75 Å². The number of imide groups is 1. The van der Waals surface area contributed by atoms with Crippen molar-refractivity contribution in [3.63, 3.8) is 0 Å². The van der Waals surface area contributed by atoms with Gasteiger partial charge in [0, 0.05) is 11.8 Å². The molecule has 124 valence electrons. The van der Waals surface area contributed by atoms with Crippen molar-refractivity contribution < 1.29 is 18.7 Å². The van der Waals surface area contributed by atoms with E-state index in [1.807, 2.05) is 18.2 Å². The minimum absolute atomic E-state index is 0.107. The van der Waals surface area contributed by atoms with E-state index in [0.29, 0.717) is 11.4 Å². The molecule has 1 saturated heterocycles. The van der Waals surface area contributed by atoms with E-state index in [1.165, 1.54) is 23.1 Å². The number of urea groups is 1. The van der Waals surface area contributed by atoms with Crippen LogP contribution in [0, 0.1) is 5.82 Å². The van der Waals surface area contributed by atoms with Crippen LogP contribution in [0.1, 0.15) is 6.92 Å². The molecule has 0 spiro atoms. The summed E-state index contributed by atoms with van der Waals surface area (Å²) in [4.78, 5) is 27.5. The predicted molar refractivity (Wildman–Crippen MR) is 87.4 cm³/mol. The number of para-hydroxylation sites is 1. The normalized spacial score (nSPS) is 17.5. The average Bonchev–Trinajstić information content (AvgIpc) is 2.79. The number of amides is 3. The molecular weight excluding hydrogens is 311 g/mol. The fraction of sp³-hybridized carbons (Fsp3) is 0.222. The number of hydrogen-bond donors (Lipinski definition) is 0. The molecule has 0 N–H and O–H groups in total. The van der Waals surface area contributed by atoms with E-state index in [1.54, 1.807) is 25.1 Å². The topological polar surface area (TPSA) is 49.9 Å². The average molecular weight is 328 g/mol. The lowest BCUT2D eigenvalue weighted by Gasteiger charge is -2.19. The van der Waals surface area contributed by atoms with Crippen LogP contribution in [0.4, 0.5) is 14.9 Å². The van der Waals surface area contributed by atoms with Crippen molar-refractivity contribution in [2.45, 2.75) is 13.0 Å². The van der Waals surface area contributed by atoms with E-state index in [9.17, 15) is 14.0 Å². The molecule has 0 radical (unpaired) electrons. The summed E-state index contributed by atoms with van der Waals surface area (Å²) < 4.78 is 18.5. The zero-order valence-corrected chi connectivity index (χ0v) is 13.2. The van der Waals surface area contributed by atoms with Crippen LogP contribution in [0.3, 0.4) is 0 Å². The third-order valence-corrected chi connectivity index (χ3v) is 3.86. The highest BCUT2D eigenvalue weighted by atomic mass is 19.1. The summed E-state index contributed by atoms with van der Waals surface area (Å²) in [6.45, 7) is 1.92. The summed E-state index contributed by atoms with van der Waals surface area (Å²) >= 11 is 0. The molecule has 1 aliphatic heterocycles. The minimum Gasteiger partial charge on any atom is -0.492 e. The Hall–Kier alpha value is -2.89. The van der Waals surface area contributed by atoms with E-state index >= 15 is 0 Å². The van der Waals surface area contributed by atoms with Crippen LogP contribution in [0.15, 0.2) is 54.6 Å². The maximum atomic E-state index is 13.1. The van der Waals surface area contributed by atoms with Gasteiger partial charge in [0.1, 0.15) is 24.2 Å². The first-order valence-electron chi connectivity index (χ1n) is 7.66. The van der Waals surface area contributed by atoms with Gasteiger partial charge in [-0.2, -0.15) is 0 Å². The molecule has 5 nitrogen and oxygen atoms in total. The fourth-order valence-electron chi connectivity index (χ4n) is 2.67. The number of halogens is 1. The zero-order valence-electron chi connectivity index (χ0n) is 13.2. The van der Waals surface area contributed by atoms with Gasteiger partial charge in [-0.15, -0.1) is 0 Å². The highest BCUT2D eigenvalue weighted by Crippen LogP contribution is 2.25. The van der Waals surface area contributed by atoms with Crippen LogP contribution in [0.5, 0.6) is 5.75 Å². The van der Waals surface area contributed by atoms with Crippen LogP contribution in [-0.2, 0) is 4.79 Å². The number of ether oxygens (including phenoxy) is 1. The largest absolute Gasteiger partial charge is 0.492 e. The molecule has 0 aliphatic carbocycles. The molecule has 6 heteroatoms. The summed E-state index contributed by atoms with van der Waals surface area (Å²) in [5.74, 6) is -0.307. The van der Waals surface area contributed by atoms with Crippen molar-refractivity contribution in [3.05, 3.63) is 60.4 Å². The van der Waals surface area contributed by atoms with Gasteiger partial charge in [-0.3, -0.25) is 14.6 Å². The lowest BCUT2D eigenvalue weighted by molar-refractivity contribution is -0.127. The van der Waals surface area contributed by atoms with Crippen molar-refractivity contribution in [1.29, 1.82) is 0 Å². The molecule has 24 heavy (non-hydrogen) atoms. The first kappa shape index (κ1) is 16.0. The van der Waals surface area contributed by atoms with Gasteiger partial charge in [0.2, 0.25) is 0 Å². The number of benzene rings is 2. The van der Waals surface area contributed by atoms with Crippen molar-refractivity contribution in [2.24, 2.45) is 0 Å². The van der Waals surface area contributed by atoms with Gasteiger partial charge in [-0.1, -0.05) is 24.3 Å². The summed E-state index contributed by atoms with van der Waals surface area (Å²) in [6.07, 6.45) is 0.